The highest BCUT2D eigenvalue weighted by atomic mass is 32.1. The number of benzene rings is 2. The lowest BCUT2D eigenvalue weighted by molar-refractivity contribution is -0.140. The van der Waals surface area contributed by atoms with Crippen LogP contribution in [0.25, 0.3) is 0 Å². The SMILES string of the molecule is N#Cc1ccc(N2C(=O)C3(CCC3)N(c3ccc4c(c3)OCC(CO)O4)C2=S)c(F)c1C(F)(F)F. The molecule has 1 N–H and O–H groups in total. The number of aliphatic hydroxyl groups excluding tert-OH is 1. The molecule has 2 heterocycles. The Balaban J connectivity index is 1.59. The van der Waals surface area contributed by atoms with Gasteiger partial charge in [-0.1, -0.05) is 0 Å². The number of halogens is 4. The van der Waals surface area contributed by atoms with E-state index >= 15 is 4.39 Å². The van der Waals surface area contributed by atoms with Crippen LogP contribution in [0.3, 0.4) is 0 Å². The number of amides is 1. The first-order chi connectivity index (χ1) is 16.6. The summed E-state index contributed by atoms with van der Waals surface area (Å²) < 4.78 is 67.2. The highest BCUT2D eigenvalue weighted by Crippen LogP contribution is 2.50. The maximum absolute atomic E-state index is 15.2. The van der Waals surface area contributed by atoms with Crippen molar-refractivity contribution in [2.75, 3.05) is 23.0 Å². The molecule has 1 spiro atoms. The summed E-state index contributed by atoms with van der Waals surface area (Å²) in [6, 6.07) is 7.91. The lowest BCUT2D eigenvalue weighted by Crippen LogP contribution is -2.55. The largest absolute Gasteiger partial charge is 0.486 e. The summed E-state index contributed by atoms with van der Waals surface area (Å²) in [5.41, 5.74) is -4.04. The smallest absolute Gasteiger partial charge is 0.420 e. The van der Waals surface area contributed by atoms with Gasteiger partial charge in [-0.3, -0.25) is 9.69 Å². The van der Waals surface area contributed by atoms with Crippen molar-refractivity contribution in [1.82, 2.24) is 0 Å². The molecule has 1 saturated carbocycles. The van der Waals surface area contributed by atoms with Crippen LogP contribution in [0.2, 0.25) is 0 Å². The van der Waals surface area contributed by atoms with E-state index in [0.29, 0.717) is 36.4 Å². The Bertz CT molecular complexity index is 1290. The van der Waals surface area contributed by atoms with Gasteiger partial charge in [0.25, 0.3) is 5.91 Å². The van der Waals surface area contributed by atoms with Gasteiger partial charge < -0.3 is 19.5 Å². The van der Waals surface area contributed by atoms with Gasteiger partial charge in [0, 0.05) is 11.8 Å². The molecule has 2 aromatic rings. The minimum Gasteiger partial charge on any atom is -0.486 e. The minimum absolute atomic E-state index is 0.101. The van der Waals surface area contributed by atoms with Crippen LogP contribution in [0, 0.1) is 17.1 Å². The number of nitrogens with zero attached hydrogens (tertiary/aromatic N) is 3. The van der Waals surface area contributed by atoms with E-state index in [1.165, 1.54) is 11.0 Å². The Morgan fingerprint density at radius 1 is 1.23 bits per heavy atom. The van der Waals surface area contributed by atoms with Gasteiger partial charge >= 0.3 is 6.18 Å². The summed E-state index contributed by atoms with van der Waals surface area (Å²) in [6.07, 6.45) is -4.27. The summed E-state index contributed by atoms with van der Waals surface area (Å²) in [4.78, 5) is 15.8. The molecule has 1 atom stereocenters. The fourth-order valence-electron chi connectivity index (χ4n) is 4.63. The number of hydrogen-bond acceptors (Lipinski definition) is 6. The van der Waals surface area contributed by atoms with E-state index in [9.17, 15) is 23.1 Å². The molecule has 2 aromatic carbocycles. The number of nitriles is 1. The molecular formula is C23H17F4N3O4S. The molecule has 1 amide bonds. The number of alkyl halides is 3. The average molecular weight is 507 g/mol. The molecule has 5 rings (SSSR count). The maximum atomic E-state index is 15.2. The first-order valence-electron chi connectivity index (χ1n) is 10.7. The number of thiocarbonyl (C=S) groups is 1. The van der Waals surface area contributed by atoms with E-state index in [1.54, 1.807) is 18.2 Å². The van der Waals surface area contributed by atoms with Crippen LogP contribution in [0.15, 0.2) is 30.3 Å². The first-order valence-corrected chi connectivity index (χ1v) is 11.1. The second kappa shape index (κ2) is 8.07. The Labute approximate surface area is 202 Å². The predicted molar refractivity (Wildman–Crippen MR) is 119 cm³/mol. The minimum atomic E-state index is -5.15. The lowest BCUT2D eigenvalue weighted by atomic mass is 9.75. The summed E-state index contributed by atoms with van der Waals surface area (Å²) in [7, 11) is 0. The molecule has 12 heteroatoms. The van der Waals surface area contributed by atoms with Gasteiger partial charge in [0.05, 0.1) is 23.9 Å². The highest BCUT2D eigenvalue weighted by Gasteiger charge is 2.60. The van der Waals surface area contributed by atoms with Crippen molar-refractivity contribution in [3.8, 4) is 17.6 Å². The molecule has 3 aliphatic rings. The van der Waals surface area contributed by atoms with Gasteiger partial charge in [-0.25, -0.2) is 4.39 Å². The molecule has 1 aliphatic carbocycles. The quantitative estimate of drug-likeness (QED) is 0.498. The lowest BCUT2D eigenvalue weighted by Gasteiger charge is -2.43. The normalized spacial score (nSPS) is 20.7. The Kier molecular flexibility index (Phi) is 5.37. The number of ether oxygens (including phenoxy) is 2. The zero-order valence-corrected chi connectivity index (χ0v) is 18.7. The number of carbonyl (C=O) groups is 1. The first kappa shape index (κ1) is 23.3. The van der Waals surface area contributed by atoms with E-state index in [2.05, 4.69) is 0 Å². The topological polar surface area (TPSA) is 86.0 Å². The fourth-order valence-corrected chi connectivity index (χ4v) is 5.09. The zero-order valence-electron chi connectivity index (χ0n) is 17.9. The van der Waals surface area contributed by atoms with E-state index in [4.69, 9.17) is 27.0 Å². The maximum Gasteiger partial charge on any atom is 0.420 e. The van der Waals surface area contributed by atoms with E-state index < -0.39 is 46.4 Å². The highest BCUT2D eigenvalue weighted by molar-refractivity contribution is 7.81. The molecular weight excluding hydrogens is 490 g/mol. The van der Waals surface area contributed by atoms with Crippen molar-refractivity contribution in [1.29, 1.82) is 5.26 Å². The van der Waals surface area contributed by atoms with E-state index in [-0.39, 0.29) is 18.3 Å². The van der Waals surface area contributed by atoms with Crippen LogP contribution in [0.5, 0.6) is 11.5 Å². The standard InChI is InChI=1S/C23H17F4N3O4S/c24-19-15(4-2-12(9-28)18(19)23(25,26)27)29-20(32)22(6-1-7-22)30(21(29)35)13-3-5-16-17(8-13)33-11-14(10-31)34-16/h2-5,8,14,31H,1,6-7,10-11H2. The van der Waals surface area contributed by atoms with Crippen LogP contribution in [0.4, 0.5) is 28.9 Å². The Hall–Kier alpha value is -3.43. The van der Waals surface area contributed by atoms with Crippen LogP contribution in [-0.4, -0.2) is 41.0 Å². The Morgan fingerprint density at radius 3 is 2.57 bits per heavy atom. The van der Waals surface area contributed by atoms with E-state index in [0.717, 1.165) is 17.0 Å². The van der Waals surface area contributed by atoms with Crippen molar-refractivity contribution in [2.45, 2.75) is 37.1 Å². The van der Waals surface area contributed by atoms with Crippen LogP contribution >= 0.6 is 12.2 Å². The number of rotatable bonds is 3. The summed E-state index contributed by atoms with van der Waals surface area (Å²) in [6.45, 7) is -0.135. The average Bonchev–Trinajstić information content (AvgIpc) is 3.04. The second-order valence-electron chi connectivity index (χ2n) is 8.44. The molecule has 2 aliphatic heterocycles. The third-order valence-electron chi connectivity index (χ3n) is 6.47. The third-order valence-corrected chi connectivity index (χ3v) is 6.83. The second-order valence-corrected chi connectivity index (χ2v) is 8.80. The van der Waals surface area contributed by atoms with Gasteiger partial charge in [-0.05, 0) is 55.7 Å². The summed E-state index contributed by atoms with van der Waals surface area (Å²) in [5, 5.41) is 18.2. The molecule has 2 fully saturated rings. The summed E-state index contributed by atoms with van der Waals surface area (Å²) >= 11 is 5.51. The monoisotopic (exact) mass is 507 g/mol. The van der Waals surface area contributed by atoms with Crippen molar-refractivity contribution >= 4 is 34.6 Å². The fraction of sp³-hybridized carbons (Fsp3) is 0.348. The molecule has 0 aromatic heterocycles. The summed E-state index contributed by atoms with van der Waals surface area (Å²) in [5.74, 6) is -1.65. The number of hydrogen-bond donors (Lipinski definition) is 1. The van der Waals surface area contributed by atoms with Gasteiger partial charge in [-0.15, -0.1) is 0 Å². The predicted octanol–water partition coefficient (Wildman–Crippen LogP) is 3.91. The molecule has 7 nitrogen and oxygen atoms in total. The molecule has 182 valence electrons. The third kappa shape index (κ3) is 3.41. The van der Waals surface area contributed by atoms with Gasteiger partial charge in [0.2, 0.25) is 0 Å². The molecule has 1 unspecified atom stereocenters. The molecule has 0 bridgehead atoms. The van der Waals surface area contributed by atoms with Crippen LogP contribution in [-0.2, 0) is 11.0 Å². The van der Waals surface area contributed by atoms with Crippen molar-refractivity contribution in [3.63, 3.8) is 0 Å². The van der Waals surface area contributed by atoms with Crippen molar-refractivity contribution in [3.05, 3.63) is 47.3 Å². The van der Waals surface area contributed by atoms with Gasteiger partial charge in [0.1, 0.15) is 17.7 Å². The molecule has 1 saturated heterocycles. The van der Waals surface area contributed by atoms with Crippen molar-refractivity contribution in [2.24, 2.45) is 0 Å². The number of anilines is 2. The van der Waals surface area contributed by atoms with Gasteiger partial charge in [0.15, 0.2) is 28.5 Å². The molecule has 0 radical (unpaired) electrons. The number of fused-ring (bicyclic) bond motifs is 1. The van der Waals surface area contributed by atoms with Gasteiger partial charge in [-0.2, -0.15) is 18.4 Å². The molecule has 35 heavy (non-hydrogen) atoms. The number of carbonyl (C=O) groups excluding carboxylic acids is 1. The Morgan fingerprint density at radius 2 is 1.97 bits per heavy atom. The zero-order chi connectivity index (χ0) is 25.1. The van der Waals surface area contributed by atoms with Crippen LogP contribution < -0.4 is 19.3 Å². The van der Waals surface area contributed by atoms with Crippen molar-refractivity contribution < 1.29 is 36.9 Å². The van der Waals surface area contributed by atoms with E-state index in [1.807, 2.05) is 0 Å². The number of aliphatic hydroxyl groups is 1. The van der Waals surface area contributed by atoms with Crippen LogP contribution in [0.1, 0.15) is 30.4 Å².